The minimum absolute atomic E-state index is 0.156. The average molecular weight is 559 g/mol. The Kier molecular flexibility index (Phi) is 7.71. The molecule has 2 aliphatic rings. The molecule has 5 rings (SSSR count). The number of carbonyl (C=O) groups is 3. The predicted molar refractivity (Wildman–Crippen MR) is 145 cm³/mol. The summed E-state index contributed by atoms with van der Waals surface area (Å²) in [5.74, 6) is -1.07. The van der Waals surface area contributed by atoms with Crippen molar-refractivity contribution < 1.29 is 19.2 Å². The summed E-state index contributed by atoms with van der Waals surface area (Å²) in [6, 6.07) is 6.32. The van der Waals surface area contributed by atoms with E-state index in [-0.39, 0.29) is 29.7 Å². The second kappa shape index (κ2) is 11.0. The summed E-state index contributed by atoms with van der Waals surface area (Å²) in [5.41, 5.74) is 2.18. The van der Waals surface area contributed by atoms with Gasteiger partial charge in [-0.2, -0.15) is 0 Å². The quantitative estimate of drug-likeness (QED) is 0.400. The van der Waals surface area contributed by atoms with E-state index in [1.54, 1.807) is 25.2 Å². The third-order valence-electron chi connectivity index (χ3n) is 7.36. The molecule has 3 heterocycles. The van der Waals surface area contributed by atoms with Crippen LogP contribution in [-0.2, 0) is 22.6 Å². The van der Waals surface area contributed by atoms with E-state index < -0.39 is 6.04 Å². The van der Waals surface area contributed by atoms with Crippen LogP contribution in [0, 0.1) is 5.92 Å². The van der Waals surface area contributed by atoms with E-state index in [9.17, 15) is 14.4 Å². The van der Waals surface area contributed by atoms with Gasteiger partial charge in [0.15, 0.2) is 5.01 Å². The highest BCUT2D eigenvalue weighted by atomic mass is 35.5. The van der Waals surface area contributed by atoms with Gasteiger partial charge in [-0.1, -0.05) is 11.6 Å². The number of halogens is 1. The van der Waals surface area contributed by atoms with Crippen molar-refractivity contribution in [1.29, 1.82) is 0 Å². The van der Waals surface area contributed by atoms with E-state index in [2.05, 4.69) is 25.5 Å². The number of fused-ring (bicyclic) bond motifs is 2. The molecule has 3 aromatic rings. The lowest BCUT2D eigenvalue weighted by Crippen LogP contribution is -2.56. The first kappa shape index (κ1) is 26.6. The number of H-pyrrole nitrogens is 1. The smallest absolute Gasteiger partial charge is 0.280 e. The van der Waals surface area contributed by atoms with Crippen LogP contribution in [0.5, 0.6) is 0 Å². The van der Waals surface area contributed by atoms with Gasteiger partial charge in [0.2, 0.25) is 5.91 Å². The Labute approximate surface area is 229 Å². The van der Waals surface area contributed by atoms with E-state index in [1.165, 1.54) is 23.5 Å². The lowest BCUT2D eigenvalue weighted by molar-refractivity contribution is -0.174. The molecule has 1 aliphatic carbocycles. The van der Waals surface area contributed by atoms with Gasteiger partial charge in [0.05, 0.1) is 18.8 Å². The van der Waals surface area contributed by atoms with Crippen molar-refractivity contribution in [2.75, 3.05) is 27.7 Å². The second-order valence-corrected chi connectivity index (χ2v) is 11.5. The highest BCUT2D eigenvalue weighted by Gasteiger charge is 2.37. The average Bonchev–Trinajstić information content (AvgIpc) is 3.52. The van der Waals surface area contributed by atoms with E-state index in [1.807, 2.05) is 13.1 Å². The third kappa shape index (κ3) is 5.56. The van der Waals surface area contributed by atoms with Crippen LogP contribution >= 0.6 is 22.9 Å². The first-order chi connectivity index (χ1) is 18.2. The molecular weight excluding hydrogens is 528 g/mol. The molecule has 0 spiro atoms. The number of hydroxylamine groups is 2. The molecule has 10 nitrogen and oxygen atoms in total. The molecule has 0 unspecified atom stereocenters. The number of nitrogens with one attached hydrogen (secondary N) is 3. The second-order valence-electron chi connectivity index (χ2n) is 9.98. The number of benzene rings is 1. The molecule has 1 aromatic carbocycles. The Morgan fingerprint density at radius 3 is 2.76 bits per heavy atom. The van der Waals surface area contributed by atoms with E-state index >= 15 is 0 Å². The van der Waals surface area contributed by atoms with Crippen LogP contribution in [0.4, 0.5) is 0 Å². The number of likely N-dealkylation sites (N-methyl/N-ethyl adjacent to an activating group) is 1. The topological polar surface area (TPSA) is 120 Å². The molecule has 3 N–H and O–H groups in total. The van der Waals surface area contributed by atoms with Gasteiger partial charge in [0.25, 0.3) is 11.8 Å². The Hall–Kier alpha value is -2.99. The van der Waals surface area contributed by atoms with Crippen molar-refractivity contribution in [2.24, 2.45) is 5.92 Å². The van der Waals surface area contributed by atoms with Crippen LogP contribution in [0.2, 0.25) is 5.02 Å². The molecule has 3 amide bonds. The lowest BCUT2D eigenvalue weighted by atomic mass is 9.81. The number of nitrogens with zero attached hydrogens (tertiary/aromatic N) is 3. The molecule has 12 heteroatoms. The maximum absolute atomic E-state index is 13.3. The van der Waals surface area contributed by atoms with Gasteiger partial charge in [0, 0.05) is 59.3 Å². The van der Waals surface area contributed by atoms with Crippen LogP contribution in [-0.4, -0.2) is 77.5 Å². The van der Waals surface area contributed by atoms with Crippen LogP contribution in [0.1, 0.15) is 50.1 Å². The standard InChI is InChI=1S/C26H31ClN6O4S/c1-32-9-8-19-22(13-32)38-25(31-19)24(35)30-20-11-14(26(36)33(2)37-3)4-6-18(20)29-23(34)21-12-15-10-16(27)5-7-17(15)28-21/h5,7,10,12,14,18,20,28H,4,6,8-9,11,13H2,1-3H3,(H,29,34)(H,30,35)/t14-,18-,20+/m0/s1. The van der Waals surface area contributed by atoms with Crippen molar-refractivity contribution >= 4 is 51.6 Å². The predicted octanol–water partition coefficient (Wildman–Crippen LogP) is 2.98. The fourth-order valence-electron chi connectivity index (χ4n) is 5.20. The summed E-state index contributed by atoms with van der Waals surface area (Å²) in [4.78, 5) is 55.5. The van der Waals surface area contributed by atoms with Crippen LogP contribution in [0.3, 0.4) is 0 Å². The maximum Gasteiger partial charge on any atom is 0.280 e. The van der Waals surface area contributed by atoms with E-state index in [0.717, 1.165) is 41.0 Å². The van der Waals surface area contributed by atoms with Gasteiger partial charge in [-0.25, -0.2) is 10.0 Å². The third-order valence-corrected chi connectivity index (χ3v) is 8.68. The lowest BCUT2D eigenvalue weighted by Gasteiger charge is -2.37. The Morgan fingerprint density at radius 2 is 1.97 bits per heavy atom. The van der Waals surface area contributed by atoms with Crippen LogP contribution in [0.25, 0.3) is 10.9 Å². The van der Waals surface area contributed by atoms with E-state index in [4.69, 9.17) is 16.4 Å². The fraction of sp³-hybridized carbons (Fsp3) is 0.462. The summed E-state index contributed by atoms with van der Waals surface area (Å²) in [6.45, 7) is 1.68. The first-order valence-corrected chi connectivity index (χ1v) is 13.8. The summed E-state index contributed by atoms with van der Waals surface area (Å²) in [6.07, 6.45) is 2.27. The van der Waals surface area contributed by atoms with Gasteiger partial charge in [-0.3, -0.25) is 19.2 Å². The first-order valence-electron chi connectivity index (χ1n) is 12.6. The van der Waals surface area contributed by atoms with E-state index in [0.29, 0.717) is 35.0 Å². The zero-order valence-electron chi connectivity index (χ0n) is 21.5. The summed E-state index contributed by atoms with van der Waals surface area (Å²) >= 11 is 7.50. The molecule has 38 heavy (non-hydrogen) atoms. The normalized spacial score (nSPS) is 21.6. The Morgan fingerprint density at radius 1 is 1.18 bits per heavy atom. The molecule has 202 valence electrons. The van der Waals surface area contributed by atoms with Crippen molar-refractivity contribution in [3.63, 3.8) is 0 Å². The molecule has 2 aromatic heterocycles. The number of aromatic amines is 1. The van der Waals surface area contributed by atoms with Gasteiger partial charge in [-0.05, 0) is 50.6 Å². The number of rotatable bonds is 6. The molecule has 0 bridgehead atoms. The molecular formula is C26H31ClN6O4S. The largest absolute Gasteiger partial charge is 0.351 e. The molecule has 3 atom stereocenters. The van der Waals surface area contributed by atoms with Crippen LogP contribution < -0.4 is 10.6 Å². The summed E-state index contributed by atoms with van der Waals surface area (Å²) in [7, 11) is 5.06. The van der Waals surface area contributed by atoms with Gasteiger partial charge < -0.3 is 20.5 Å². The van der Waals surface area contributed by atoms with Crippen molar-refractivity contribution in [2.45, 2.75) is 44.3 Å². The highest BCUT2D eigenvalue weighted by Crippen LogP contribution is 2.29. The number of hydrogen-bond acceptors (Lipinski definition) is 7. The fourth-order valence-corrected chi connectivity index (χ4v) is 6.47. The van der Waals surface area contributed by atoms with Gasteiger partial charge in [0.1, 0.15) is 5.69 Å². The number of carbonyl (C=O) groups excluding carboxylic acids is 3. The van der Waals surface area contributed by atoms with Crippen LogP contribution in [0.15, 0.2) is 24.3 Å². The van der Waals surface area contributed by atoms with Gasteiger partial charge in [-0.15, -0.1) is 11.3 Å². The molecule has 0 radical (unpaired) electrons. The summed E-state index contributed by atoms with van der Waals surface area (Å²) in [5, 5.41) is 9.20. The minimum atomic E-state index is -0.457. The minimum Gasteiger partial charge on any atom is -0.351 e. The molecule has 0 saturated heterocycles. The zero-order chi connectivity index (χ0) is 27.0. The molecule has 1 fully saturated rings. The van der Waals surface area contributed by atoms with Crippen molar-refractivity contribution in [3.8, 4) is 0 Å². The van der Waals surface area contributed by atoms with Crippen molar-refractivity contribution in [1.82, 2.24) is 30.6 Å². The number of amides is 3. The molecule has 1 saturated carbocycles. The van der Waals surface area contributed by atoms with Gasteiger partial charge >= 0.3 is 0 Å². The van der Waals surface area contributed by atoms with Crippen molar-refractivity contribution in [3.05, 3.63) is 50.6 Å². The summed E-state index contributed by atoms with van der Waals surface area (Å²) < 4.78 is 0. The SMILES string of the molecule is CON(C)C(=O)[C@H]1CC[C@H](NC(=O)c2cc3cc(Cl)ccc3[nH]2)[C@H](NC(=O)c2nc3c(s2)CN(C)CC3)C1. The zero-order valence-corrected chi connectivity index (χ0v) is 23.1. The molecule has 1 aliphatic heterocycles. The number of hydrogen-bond donors (Lipinski definition) is 3. The maximum atomic E-state index is 13.3. The number of aromatic nitrogens is 2. The monoisotopic (exact) mass is 558 g/mol. The highest BCUT2D eigenvalue weighted by molar-refractivity contribution is 7.13. The Bertz CT molecular complexity index is 1370. The number of thiazole rings is 1. The Balaban J connectivity index is 1.34.